The van der Waals surface area contributed by atoms with Crippen LogP contribution in [-0.2, 0) is 21.2 Å². The fraction of sp³-hybridized carbons (Fsp3) is 0.381. The standard InChI is InChI=1S/C21H26ClN3O3S/c1-17-3-2-4-20(15-17)24-10-12-25(13-11-24)29(27,28)14-9-23-21(26)16-18-5-7-19(22)8-6-18/h2-8,15H,9-14,16H2,1H3,(H,23,26). The van der Waals surface area contributed by atoms with E-state index >= 15 is 0 Å². The summed E-state index contributed by atoms with van der Waals surface area (Å²) >= 11 is 5.83. The third-order valence-electron chi connectivity index (χ3n) is 4.96. The van der Waals surface area contributed by atoms with Crippen molar-refractivity contribution in [3.05, 3.63) is 64.7 Å². The topological polar surface area (TPSA) is 69.7 Å². The summed E-state index contributed by atoms with van der Waals surface area (Å²) in [4.78, 5) is 14.2. The van der Waals surface area contributed by atoms with Crippen LogP contribution in [0.5, 0.6) is 0 Å². The summed E-state index contributed by atoms with van der Waals surface area (Å²) in [5.74, 6) is -0.295. The first kappa shape index (κ1) is 21.6. The van der Waals surface area contributed by atoms with Crippen LogP contribution < -0.4 is 10.2 Å². The van der Waals surface area contributed by atoms with Crippen LogP contribution in [0.15, 0.2) is 48.5 Å². The second-order valence-electron chi connectivity index (χ2n) is 7.19. The average Bonchev–Trinajstić information content (AvgIpc) is 2.70. The average molecular weight is 436 g/mol. The summed E-state index contributed by atoms with van der Waals surface area (Å²) in [5, 5.41) is 3.31. The van der Waals surface area contributed by atoms with Crippen LogP contribution in [0.2, 0.25) is 5.02 Å². The molecule has 1 aliphatic rings. The number of piperazine rings is 1. The number of rotatable bonds is 7. The zero-order valence-electron chi connectivity index (χ0n) is 16.5. The first-order chi connectivity index (χ1) is 13.8. The van der Waals surface area contributed by atoms with Crippen molar-refractivity contribution in [1.29, 1.82) is 0 Å². The molecule has 0 bridgehead atoms. The fourth-order valence-electron chi connectivity index (χ4n) is 3.35. The predicted molar refractivity (Wildman–Crippen MR) is 117 cm³/mol. The maximum Gasteiger partial charge on any atom is 0.224 e. The third-order valence-corrected chi connectivity index (χ3v) is 7.08. The van der Waals surface area contributed by atoms with Gasteiger partial charge in [0, 0.05) is 43.4 Å². The molecule has 0 atom stereocenters. The molecule has 6 nitrogen and oxygen atoms in total. The molecule has 1 heterocycles. The molecule has 0 saturated carbocycles. The predicted octanol–water partition coefficient (Wildman–Crippen LogP) is 2.46. The Hall–Kier alpha value is -2.09. The molecule has 0 aromatic heterocycles. The minimum Gasteiger partial charge on any atom is -0.369 e. The van der Waals surface area contributed by atoms with Crippen molar-refractivity contribution in [3.63, 3.8) is 0 Å². The van der Waals surface area contributed by atoms with E-state index in [0.29, 0.717) is 31.2 Å². The highest BCUT2D eigenvalue weighted by Gasteiger charge is 2.26. The van der Waals surface area contributed by atoms with Crippen LogP contribution in [0.1, 0.15) is 11.1 Å². The van der Waals surface area contributed by atoms with Gasteiger partial charge in [0.25, 0.3) is 0 Å². The highest BCUT2D eigenvalue weighted by molar-refractivity contribution is 7.89. The number of hydrogen-bond acceptors (Lipinski definition) is 4. The number of nitrogens with one attached hydrogen (secondary N) is 1. The third kappa shape index (κ3) is 6.19. The molecule has 1 saturated heterocycles. The molecular weight excluding hydrogens is 410 g/mol. The molecule has 1 aliphatic heterocycles. The number of nitrogens with zero attached hydrogens (tertiary/aromatic N) is 2. The van der Waals surface area contributed by atoms with Crippen molar-refractivity contribution < 1.29 is 13.2 Å². The van der Waals surface area contributed by atoms with Crippen molar-refractivity contribution in [2.24, 2.45) is 0 Å². The first-order valence-electron chi connectivity index (χ1n) is 9.64. The van der Waals surface area contributed by atoms with Gasteiger partial charge in [0.1, 0.15) is 0 Å². The van der Waals surface area contributed by atoms with Crippen LogP contribution in [0.4, 0.5) is 5.69 Å². The highest BCUT2D eigenvalue weighted by atomic mass is 35.5. The lowest BCUT2D eigenvalue weighted by Crippen LogP contribution is -2.50. The quantitative estimate of drug-likeness (QED) is 0.725. The molecule has 2 aromatic carbocycles. The molecular formula is C21H26ClN3O3S. The molecule has 0 spiro atoms. The molecule has 3 rings (SSSR count). The zero-order valence-corrected chi connectivity index (χ0v) is 18.0. The van der Waals surface area contributed by atoms with Crippen molar-refractivity contribution in [2.45, 2.75) is 13.3 Å². The molecule has 0 unspecified atom stereocenters. The van der Waals surface area contributed by atoms with E-state index in [1.807, 2.05) is 25.1 Å². The van der Waals surface area contributed by atoms with E-state index in [9.17, 15) is 13.2 Å². The Labute approximate surface area is 177 Å². The number of carbonyl (C=O) groups excluding carboxylic acids is 1. The van der Waals surface area contributed by atoms with E-state index in [1.54, 1.807) is 24.3 Å². The van der Waals surface area contributed by atoms with E-state index in [2.05, 4.69) is 16.3 Å². The normalized spacial score (nSPS) is 15.3. The lowest BCUT2D eigenvalue weighted by Gasteiger charge is -2.35. The van der Waals surface area contributed by atoms with E-state index in [4.69, 9.17) is 11.6 Å². The number of amides is 1. The van der Waals surface area contributed by atoms with E-state index in [1.165, 1.54) is 9.87 Å². The van der Waals surface area contributed by atoms with Gasteiger partial charge in [-0.1, -0.05) is 35.9 Å². The lowest BCUT2D eigenvalue weighted by atomic mass is 10.1. The maximum absolute atomic E-state index is 12.6. The van der Waals surface area contributed by atoms with Crippen molar-refractivity contribution in [3.8, 4) is 0 Å². The van der Waals surface area contributed by atoms with Gasteiger partial charge in [-0.2, -0.15) is 4.31 Å². The Balaban J connectivity index is 1.44. The number of aryl methyl sites for hydroxylation is 1. The van der Waals surface area contributed by atoms with Gasteiger partial charge in [-0.3, -0.25) is 4.79 Å². The number of sulfonamides is 1. The summed E-state index contributed by atoms with van der Waals surface area (Å²) < 4.78 is 26.7. The van der Waals surface area contributed by atoms with Crippen LogP contribution in [-0.4, -0.2) is 57.1 Å². The highest BCUT2D eigenvalue weighted by Crippen LogP contribution is 2.19. The lowest BCUT2D eigenvalue weighted by molar-refractivity contribution is -0.120. The van der Waals surface area contributed by atoms with Crippen LogP contribution in [0.3, 0.4) is 0 Å². The van der Waals surface area contributed by atoms with Gasteiger partial charge in [0.15, 0.2) is 0 Å². The molecule has 1 fully saturated rings. The Morgan fingerprint density at radius 1 is 1.07 bits per heavy atom. The summed E-state index contributed by atoms with van der Waals surface area (Å²) in [6.45, 7) is 4.37. The van der Waals surface area contributed by atoms with Gasteiger partial charge >= 0.3 is 0 Å². The molecule has 0 aliphatic carbocycles. The molecule has 2 aromatic rings. The number of carbonyl (C=O) groups is 1. The molecule has 1 amide bonds. The number of anilines is 1. The molecule has 0 radical (unpaired) electrons. The van der Waals surface area contributed by atoms with Gasteiger partial charge in [-0.05, 0) is 42.3 Å². The van der Waals surface area contributed by atoms with Crippen LogP contribution in [0.25, 0.3) is 0 Å². The van der Waals surface area contributed by atoms with Gasteiger partial charge in [-0.25, -0.2) is 8.42 Å². The van der Waals surface area contributed by atoms with Gasteiger partial charge in [-0.15, -0.1) is 0 Å². The molecule has 8 heteroatoms. The van der Waals surface area contributed by atoms with E-state index < -0.39 is 10.0 Å². The van der Waals surface area contributed by atoms with Gasteiger partial charge in [0.2, 0.25) is 15.9 Å². The fourth-order valence-corrected chi connectivity index (χ4v) is 4.81. The number of halogens is 1. The number of hydrogen-bond donors (Lipinski definition) is 1. The first-order valence-corrected chi connectivity index (χ1v) is 11.6. The Morgan fingerprint density at radius 2 is 1.76 bits per heavy atom. The Kier molecular flexibility index (Phi) is 7.16. The smallest absolute Gasteiger partial charge is 0.224 e. The Morgan fingerprint density at radius 3 is 2.41 bits per heavy atom. The summed E-state index contributed by atoms with van der Waals surface area (Å²) in [6.07, 6.45) is 0.201. The van der Waals surface area contributed by atoms with Crippen molar-refractivity contribution in [1.82, 2.24) is 9.62 Å². The summed E-state index contributed by atoms with van der Waals surface area (Å²) in [7, 11) is -3.40. The number of benzene rings is 2. The zero-order chi connectivity index (χ0) is 20.9. The molecule has 29 heavy (non-hydrogen) atoms. The molecule has 156 valence electrons. The van der Waals surface area contributed by atoms with Gasteiger partial charge < -0.3 is 10.2 Å². The van der Waals surface area contributed by atoms with Gasteiger partial charge in [0.05, 0.1) is 12.2 Å². The second-order valence-corrected chi connectivity index (χ2v) is 9.72. The summed E-state index contributed by atoms with van der Waals surface area (Å²) in [6, 6.07) is 15.2. The largest absolute Gasteiger partial charge is 0.369 e. The minimum absolute atomic E-state index is 0.0934. The maximum atomic E-state index is 12.6. The van der Waals surface area contributed by atoms with Crippen molar-refractivity contribution >= 4 is 33.2 Å². The van der Waals surface area contributed by atoms with E-state index in [-0.39, 0.29) is 24.6 Å². The SMILES string of the molecule is Cc1cccc(N2CCN(S(=O)(=O)CCNC(=O)Cc3ccc(Cl)cc3)CC2)c1. The van der Waals surface area contributed by atoms with Crippen LogP contribution in [0, 0.1) is 6.92 Å². The second kappa shape index (κ2) is 9.61. The van der Waals surface area contributed by atoms with Crippen LogP contribution >= 0.6 is 11.6 Å². The molecule has 1 N–H and O–H groups in total. The Bertz CT molecular complexity index is 940. The monoisotopic (exact) mass is 435 g/mol. The van der Waals surface area contributed by atoms with E-state index in [0.717, 1.165) is 11.3 Å². The van der Waals surface area contributed by atoms with Crippen molar-refractivity contribution in [2.75, 3.05) is 43.4 Å². The minimum atomic E-state index is -3.40. The summed E-state index contributed by atoms with van der Waals surface area (Å²) in [5.41, 5.74) is 3.14.